The fraction of sp³-hybridized carbons (Fsp3) is 0.318. The van der Waals surface area contributed by atoms with E-state index in [-0.39, 0.29) is 18.6 Å². The van der Waals surface area contributed by atoms with Crippen LogP contribution in [-0.4, -0.2) is 46.5 Å². The summed E-state index contributed by atoms with van der Waals surface area (Å²) in [5, 5.41) is 0. The molecule has 2 amide bonds. The van der Waals surface area contributed by atoms with E-state index in [1.165, 1.54) is 7.11 Å². The number of primary amides is 1. The molecule has 0 spiro atoms. The molecule has 1 aromatic heterocycles. The molecule has 0 unspecified atom stereocenters. The van der Waals surface area contributed by atoms with Gasteiger partial charge in [0.2, 0.25) is 0 Å². The highest BCUT2D eigenvalue weighted by Gasteiger charge is 2.34. The minimum atomic E-state index is -0.584. The number of benzene rings is 2. The van der Waals surface area contributed by atoms with E-state index in [1.54, 1.807) is 18.2 Å². The molecule has 2 aromatic carbocycles. The van der Waals surface area contributed by atoms with Crippen molar-refractivity contribution in [1.29, 1.82) is 0 Å². The normalized spacial score (nSPS) is 16.1. The number of rotatable bonds is 6. The van der Waals surface area contributed by atoms with E-state index in [0.29, 0.717) is 23.6 Å². The van der Waals surface area contributed by atoms with Crippen LogP contribution < -0.4 is 15.2 Å². The summed E-state index contributed by atoms with van der Waals surface area (Å²) < 4.78 is 12.8. The number of methoxy groups -OCH3 is 1. The lowest BCUT2D eigenvalue weighted by atomic mass is 10.1. The second kappa shape index (κ2) is 8.06. The zero-order valence-electron chi connectivity index (χ0n) is 17.0. The number of hydrogen-bond donors (Lipinski definition) is 1. The minimum Gasteiger partial charge on any atom is -0.493 e. The molecule has 30 heavy (non-hydrogen) atoms. The van der Waals surface area contributed by atoms with Gasteiger partial charge in [0.1, 0.15) is 5.82 Å². The number of likely N-dealkylation sites (tertiary alicyclic amines) is 1. The molecule has 0 bridgehead atoms. The van der Waals surface area contributed by atoms with E-state index in [2.05, 4.69) is 4.57 Å². The molecular weight excluding hydrogens is 384 g/mol. The molecule has 0 aliphatic carbocycles. The number of amides is 2. The van der Waals surface area contributed by atoms with Crippen LogP contribution in [0.1, 0.15) is 35.1 Å². The summed E-state index contributed by atoms with van der Waals surface area (Å²) in [6.45, 7) is 0.402. The number of nitrogens with zero attached hydrogens (tertiary/aromatic N) is 3. The van der Waals surface area contributed by atoms with Crippen LogP contribution in [0.3, 0.4) is 0 Å². The topological polar surface area (TPSA) is 99.7 Å². The van der Waals surface area contributed by atoms with Crippen LogP contribution in [0.25, 0.3) is 11.0 Å². The Balaban J connectivity index is 1.62. The van der Waals surface area contributed by atoms with E-state index >= 15 is 0 Å². The molecule has 0 saturated carbocycles. The summed E-state index contributed by atoms with van der Waals surface area (Å²) >= 11 is 0. The minimum absolute atomic E-state index is 0.0910. The van der Waals surface area contributed by atoms with E-state index in [1.807, 2.05) is 36.2 Å². The van der Waals surface area contributed by atoms with Crippen molar-refractivity contribution in [3.63, 3.8) is 0 Å². The molecule has 1 atom stereocenters. The first-order valence-corrected chi connectivity index (χ1v) is 9.81. The van der Waals surface area contributed by atoms with Crippen molar-refractivity contribution >= 4 is 22.8 Å². The Labute approximate surface area is 174 Å². The molecular formula is C22H24N4O4. The fourth-order valence-electron chi connectivity index (χ4n) is 3.97. The zero-order valence-corrected chi connectivity index (χ0v) is 17.0. The largest absolute Gasteiger partial charge is 0.493 e. The quantitative estimate of drug-likeness (QED) is 0.675. The highest BCUT2D eigenvalue weighted by Crippen LogP contribution is 2.35. The first-order chi connectivity index (χ1) is 14.5. The van der Waals surface area contributed by atoms with Crippen molar-refractivity contribution in [2.24, 2.45) is 12.8 Å². The molecule has 1 saturated heterocycles. The standard InChI is InChI=1S/C22H24N4O4/c1-25-16-7-4-3-6-15(16)24-21(25)17-8-5-11-26(17)22(28)14-9-10-18(19(12-14)29-2)30-13-20(23)27/h3-4,6-7,9-10,12,17H,5,8,11,13H2,1-2H3,(H2,23,27)/t17-/m0/s1. The van der Waals surface area contributed by atoms with Gasteiger partial charge in [0.05, 0.1) is 24.2 Å². The zero-order chi connectivity index (χ0) is 21.3. The highest BCUT2D eigenvalue weighted by molar-refractivity contribution is 5.95. The Hall–Kier alpha value is -3.55. The maximum absolute atomic E-state index is 13.3. The molecule has 156 valence electrons. The van der Waals surface area contributed by atoms with Crippen LogP contribution in [0.5, 0.6) is 11.5 Å². The molecule has 2 heterocycles. The van der Waals surface area contributed by atoms with Crippen molar-refractivity contribution < 1.29 is 19.1 Å². The summed E-state index contributed by atoms with van der Waals surface area (Å²) in [5.41, 5.74) is 7.59. The monoisotopic (exact) mass is 408 g/mol. The van der Waals surface area contributed by atoms with Crippen LogP contribution in [0.2, 0.25) is 0 Å². The fourth-order valence-corrected chi connectivity index (χ4v) is 3.97. The Morgan fingerprint density at radius 1 is 1.20 bits per heavy atom. The number of carbonyl (C=O) groups is 2. The lowest BCUT2D eigenvalue weighted by Crippen LogP contribution is -2.31. The molecule has 0 radical (unpaired) electrons. The number of aryl methyl sites for hydroxylation is 1. The van der Waals surface area contributed by atoms with Gasteiger partial charge in [-0.25, -0.2) is 4.98 Å². The summed E-state index contributed by atoms with van der Waals surface area (Å²) in [5.74, 6) is 0.945. The number of nitrogens with two attached hydrogens (primary N) is 1. The number of carbonyl (C=O) groups excluding carboxylic acids is 2. The number of hydrogen-bond acceptors (Lipinski definition) is 5. The van der Waals surface area contributed by atoms with Gasteiger partial charge >= 0.3 is 0 Å². The Morgan fingerprint density at radius 3 is 2.73 bits per heavy atom. The van der Waals surface area contributed by atoms with Gasteiger partial charge in [-0.1, -0.05) is 12.1 Å². The summed E-state index contributed by atoms with van der Waals surface area (Å²) in [7, 11) is 3.47. The number of ether oxygens (including phenoxy) is 2. The number of para-hydroxylation sites is 2. The number of imidazole rings is 1. The first kappa shape index (κ1) is 19.8. The third-order valence-corrected chi connectivity index (χ3v) is 5.41. The highest BCUT2D eigenvalue weighted by atomic mass is 16.5. The van der Waals surface area contributed by atoms with E-state index < -0.39 is 5.91 Å². The van der Waals surface area contributed by atoms with E-state index in [9.17, 15) is 9.59 Å². The molecule has 1 aliphatic rings. The Bertz CT molecular complexity index is 1110. The van der Waals surface area contributed by atoms with Crippen LogP contribution in [0.4, 0.5) is 0 Å². The van der Waals surface area contributed by atoms with Crippen LogP contribution >= 0.6 is 0 Å². The van der Waals surface area contributed by atoms with Gasteiger partial charge in [-0.2, -0.15) is 0 Å². The first-order valence-electron chi connectivity index (χ1n) is 9.81. The molecule has 2 N–H and O–H groups in total. The van der Waals surface area contributed by atoms with E-state index in [0.717, 1.165) is 29.7 Å². The van der Waals surface area contributed by atoms with Gasteiger partial charge in [0.15, 0.2) is 18.1 Å². The maximum Gasteiger partial charge on any atom is 0.255 e. The summed E-state index contributed by atoms with van der Waals surface area (Å²) in [6.07, 6.45) is 1.77. The van der Waals surface area contributed by atoms with Crippen molar-refractivity contribution in [3.05, 3.63) is 53.9 Å². The lowest BCUT2D eigenvalue weighted by Gasteiger charge is -2.25. The number of fused-ring (bicyclic) bond motifs is 1. The smallest absolute Gasteiger partial charge is 0.255 e. The number of aromatic nitrogens is 2. The average Bonchev–Trinajstić information content (AvgIpc) is 3.36. The molecule has 8 nitrogen and oxygen atoms in total. The van der Waals surface area contributed by atoms with Gasteiger partial charge in [-0.05, 0) is 43.2 Å². The molecule has 3 aromatic rings. The van der Waals surface area contributed by atoms with Crippen molar-refractivity contribution in [2.75, 3.05) is 20.3 Å². The summed E-state index contributed by atoms with van der Waals surface area (Å²) in [6, 6.07) is 12.8. The lowest BCUT2D eigenvalue weighted by molar-refractivity contribution is -0.119. The van der Waals surface area contributed by atoms with Crippen molar-refractivity contribution in [3.8, 4) is 11.5 Å². The second-order valence-corrected chi connectivity index (χ2v) is 7.29. The van der Waals surface area contributed by atoms with Gasteiger partial charge < -0.3 is 24.7 Å². The molecule has 1 fully saturated rings. The average molecular weight is 408 g/mol. The SMILES string of the molecule is COc1cc(C(=O)N2CCC[C@H]2c2nc3ccccc3n2C)ccc1OCC(N)=O. The maximum atomic E-state index is 13.3. The second-order valence-electron chi connectivity index (χ2n) is 7.29. The third-order valence-electron chi connectivity index (χ3n) is 5.41. The van der Waals surface area contributed by atoms with Gasteiger partial charge in [0, 0.05) is 19.2 Å². The van der Waals surface area contributed by atoms with Crippen LogP contribution in [0.15, 0.2) is 42.5 Å². The third kappa shape index (κ3) is 3.56. The molecule has 4 rings (SSSR count). The Kier molecular flexibility index (Phi) is 5.31. The van der Waals surface area contributed by atoms with Gasteiger partial charge in [0.25, 0.3) is 11.8 Å². The van der Waals surface area contributed by atoms with Crippen molar-refractivity contribution in [1.82, 2.24) is 14.5 Å². The van der Waals surface area contributed by atoms with Crippen LogP contribution in [0, 0.1) is 0 Å². The molecule has 1 aliphatic heterocycles. The van der Waals surface area contributed by atoms with Gasteiger partial charge in [-0.15, -0.1) is 0 Å². The van der Waals surface area contributed by atoms with Crippen LogP contribution in [-0.2, 0) is 11.8 Å². The summed E-state index contributed by atoms with van der Waals surface area (Å²) in [4.78, 5) is 30.9. The molecule has 8 heteroatoms. The Morgan fingerprint density at radius 2 is 2.00 bits per heavy atom. The van der Waals surface area contributed by atoms with Gasteiger partial charge in [-0.3, -0.25) is 9.59 Å². The van der Waals surface area contributed by atoms with E-state index in [4.69, 9.17) is 20.2 Å². The predicted molar refractivity (Wildman–Crippen MR) is 111 cm³/mol. The van der Waals surface area contributed by atoms with Crippen molar-refractivity contribution in [2.45, 2.75) is 18.9 Å². The predicted octanol–water partition coefficient (Wildman–Crippen LogP) is 2.42.